The zero-order valence-electron chi connectivity index (χ0n) is 94.1. The summed E-state index contributed by atoms with van der Waals surface area (Å²) in [5, 5.41) is -0.0544. The van der Waals surface area contributed by atoms with Crippen LogP contribution >= 0.6 is 46.4 Å². The van der Waals surface area contributed by atoms with Crippen LogP contribution < -0.4 is 14.2 Å². The van der Waals surface area contributed by atoms with E-state index in [1.165, 1.54) is 13.8 Å². The van der Waals surface area contributed by atoms with E-state index < -0.39 is 182 Å². The molecule has 33 heteroatoms. The molecule has 830 valence electrons. The van der Waals surface area contributed by atoms with Gasteiger partial charge in [-0.2, -0.15) is 0 Å². The van der Waals surface area contributed by atoms with Gasteiger partial charge in [0, 0.05) is 115 Å². The molecule has 24 atom stereocenters. The van der Waals surface area contributed by atoms with Gasteiger partial charge < -0.3 is 98.2 Å². The molecule has 6 aliphatic heterocycles. The van der Waals surface area contributed by atoms with Crippen molar-refractivity contribution < 1.29 is 117 Å². The highest BCUT2D eigenvalue weighted by atomic mass is 35.6. The van der Waals surface area contributed by atoms with Crippen LogP contribution in [0, 0.1) is 23.7 Å². The quantitative estimate of drug-likeness (QED) is 0.00967. The van der Waals surface area contributed by atoms with Crippen molar-refractivity contribution in [2.75, 3.05) is 42.2 Å². The topological polar surface area (TPSA) is 262 Å². The smallest absolute Gasteiger partial charge is 0.308 e. The Labute approximate surface area is 904 Å². The summed E-state index contributed by atoms with van der Waals surface area (Å²) in [4.78, 5) is 55.2. The number of alkyl halides is 3. The summed E-state index contributed by atoms with van der Waals surface area (Å²) in [6.07, 6.45) is 3.77. The van der Waals surface area contributed by atoms with Gasteiger partial charge in [-0.25, -0.2) is 0 Å². The van der Waals surface area contributed by atoms with Gasteiger partial charge in [0.15, 0.2) is 50.6 Å². The first-order valence-electron chi connectivity index (χ1n) is 53.3. The van der Waals surface area contributed by atoms with Gasteiger partial charge in [-0.15, -0.1) is 0 Å². The van der Waals surface area contributed by atoms with Crippen LogP contribution in [0.1, 0.15) is 257 Å². The average Bonchev–Trinajstić information content (AvgIpc) is 0.745. The normalized spacial score (nSPS) is 28.9. The lowest BCUT2D eigenvalue weighted by molar-refractivity contribution is -0.368. The minimum Gasteiger partial charge on any atom is -0.497 e. The molecule has 147 heavy (non-hydrogen) atoms. The van der Waals surface area contributed by atoms with E-state index in [1.54, 1.807) is 48.5 Å². The van der Waals surface area contributed by atoms with Crippen molar-refractivity contribution in [3.8, 4) is 17.2 Å². The van der Waals surface area contributed by atoms with Gasteiger partial charge in [0.2, 0.25) is 3.79 Å². The lowest BCUT2D eigenvalue weighted by Gasteiger charge is -2.55. The summed E-state index contributed by atoms with van der Waals surface area (Å²) in [6, 6.07) is 26.3. The number of methoxy groups -OCH3 is 5. The van der Waals surface area contributed by atoms with Crippen LogP contribution in [-0.4, -0.2) is 224 Å². The van der Waals surface area contributed by atoms with Crippen molar-refractivity contribution in [1.82, 2.24) is 0 Å². The van der Waals surface area contributed by atoms with Gasteiger partial charge in [0.25, 0.3) is 0 Å². The molecule has 1 unspecified atom stereocenters. The monoisotopic (exact) mass is 2200 g/mol. The van der Waals surface area contributed by atoms with Gasteiger partial charge >= 0.3 is 17.9 Å². The number of ketones is 1. The fourth-order valence-corrected chi connectivity index (χ4v) is 28.5. The van der Waals surface area contributed by atoms with Gasteiger partial charge in [0.1, 0.15) is 54.1 Å². The number of esters is 3. The molecule has 3 aromatic rings. The maximum absolute atomic E-state index is 15.5. The number of allylic oxidation sites excluding steroid dienone is 3. The highest BCUT2D eigenvalue weighted by Crippen LogP contribution is 2.54. The van der Waals surface area contributed by atoms with Gasteiger partial charge in [-0.05, 0) is 177 Å². The molecular weight excluding hydrogens is 2020 g/mol. The van der Waals surface area contributed by atoms with E-state index in [1.807, 2.05) is 85.8 Å². The summed E-state index contributed by atoms with van der Waals surface area (Å²) < 4.78 is 143. The van der Waals surface area contributed by atoms with Crippen molar-refractivity contribution in [2.24, 2.45) is 23.7 Å². The average molecular weight is 2200 g/mol. The van der Waals surface area contributed by atoms with Crippen molar-refractivity contribution in [3.05, 3.63) is 150 Å². The molecular formula is C114H180Cl4O25Si4. The molecule has 6 saturated heterocycles. The molecule has 0 radical (unpaired) electrons. The largest absolute Gasteiger partial charge is 0.497 e. The standard InChI is InChI=1S/C114H180Cl4O25Si4/c1-34-147(35-2,36-3)143-110(22)64-95(138-112(72-110)66-94(132-81(11)119)61-92(137-112)63-101(122)131-73-114(116,117)118)58-75(5)77(7)102(133-82(12)120)78(8)97(121)62-91-60-93(126-26)65-111(136-91)67-96(141-145(30,31)108(16,17)18)59-89(135-111)40-38-37-39-41-98-79(9)100(142-146(32,33)109(19,20)21)68-113(127-27,139-98)106(130-71-85-47-54-88(125-25)55-48-85)104-80(10)103(128-69-83-43-50-86(123-23)51-44-83)105(129-70-84-45-52-87(124-24)53-46-84)99(134-104)57-74(4)56-90(49-42-76(6)115)140-144(28,29)107(13,14)15/h38,40,42-55,77-80,89-96,98-100,102-106H,4-6,34-37,39,41,56-73H2,1-3,7-33H3/b40-38-,49-42+/t77-,78-,79+,80-,89+,90-,91+,92-,93+,94+,95+,96+,98-,99-,100+,102+,103-,104-,105-,106?,110+,111+,112-,113-/m1/s1. The first kappa shape index (κ1) is 126. The van der Waals surface area contributed by atoms with Gasteiger partial charge in [-0.1, -0.05) is 243 Å². The minimum absolute atomic E-state index is 0.0476. The summed E-state index contributed by atoms with van der Waals surface area (Å²) in [5.41, 5.74) is 3.44. The van der Waals surface area contributed by atoms with Crippen LogP contribution in [0.3, 0.4) is 0 Å². The lowest BCUT2D eigenvalue weighted by Crippen LogP contribution is -2.67. The van der Waals surface area contributed by atoms with Crippen LogP contribution in [0.4, 0.5) is 0 Å². The van der Waals surface area contributed by atoms with E-state index in [2.05, 4.69) is 168 Å². The Balaban J connectivity index is 1.03. The number of unbranched alkanes of at least 4 members (excludes halogenated alkanes) is 1. The van der Waals surface area contributed by atoms with Crippen molar-refractivity contribution >= 4 is 103 Å². The molecule has 0 aromatic heterocycles. The predicted molar refractivity (Wildman–Crippen MR) is 591 cm³/mol. The molecule has 0 N–H and O–H groups in total. The molecule has 2 spiro atoms. The first-order valence-corrected chi connectivity index (χ1v) is 66.0. The zero-order valence-corrected chi connectivity index (χ0v) is 101. The number of benzene rings is 3. The van der Waals surface area contributed by atoms with Crippen LogP contribution in [0.2, 0.25) is 72.5 Å². The molecule has 0 bridgehead atoms. The summed E-state index contributed by atoms with van der Waals surface area (Å²) >= 11 is 24.5. The number of carbonyl (C=O) groups excluding carboxylic acids is 4. The molecule has 25 nitrogen and oxygen atoms in total. The molecule has 0 saturated carbocycles. The Morgan fingerprint density at radius 1 is 0.578 bits per heavy atom. The lowest BCUT2D eigenvalue weighted by atomic mass is 9.78. The Morgan fingerprint density at radius 3 is 1.63 bits per heavy atom. The third-order valence-corrected chi connectivity index (χ3v) is 51.4. The third kappa shape index (κ3) is 35.6. The molecule has 0 amide bonds. The predicted octanol–water partition coefficient (Wildman–Crippen LogP) is 26.7. The van der Waals surface area contributed by atoms with Gasteiger partial charge in [-0.3, -0.25) is 19.2 Å². The van der Waals surface area contributed by atoms with Crippen molar-refractivity contribution in [3.63, 3.8) is 0 Å². The van der Waals surface area contributed by atoms with E-state index >= 15 is 4.79 Å². The minimum atomic E-state index is -2.59. The molecule has 6 fully saturated rings. The number of carbonyl (C=O) groups is 4. The fraction of sp³-hybridized carbons (Fsp3) is 0.719. The van der Waals surface area contributed by atoms with E-state index in [9.17, 15) is 14.4 Å². The van der Waals surface area contributed by atoms with Crippen molar-refractivity contribution in [1.29, 1.82) is 0 Å². The molecule has 6 aliphatic rings. The van der Waals surface area contributed by atoms with Crippen LogP contribution in [0.5, 0.6) is 17.2 Å². The van der Waals surface area contributed by atoms with E-state index in [4.69, 9.17) is 151 Å². The second-order valence-corrected chi connectivity index (χ2v) is 69.1. The maximum Gasteiger partial charge on any atom is 0.308 e. The zero-order chi connectivity index (χ0) is 109. The second-order valence-electron chi connectivity index (χ2n) is 47.2. The maximum atomic E-state index is 15.5. The number of hydrogen-bond donors (Lipinski definition) is 0. The fourth-order valence-electron chi connectivity index (χ4n) is 21.1. The van der Waals surface area contributed by atoms with E-state index in [-0.39, 0.29) is 103 Å². The summed E-state index contributed by atoms with van der Waals surface area (Å²) in [6.45, 7) is 66.9. The number of rotatable bonds is 51. The number of hydrogen-bond acceptors (Lipinski definition) is 25. The first-order chi connectivity index (χ1) is 68.5. The summed E-state index contributed by atoms with van der Waals surface area (Å²) in [5.74, 6) is -6.02. The molecule has 6 heterocycles. The Bertz CT molecular complexity index is 4770. The number of Topliss-reactive ketones (excluding diaryl/α,β-unsaturated/α-hetero) is 1. The number of ether oxygens (including phenoxy) is 17. The Morgan fingerprint density at radius 2 is 1.10 bits per heavy atom. The van der Waals surface area contributed by atoms with Crippen LogP contribution in [0.25, 0.3) is 0 Å². The van der Waals surface area contributed by atoms with E-state index in [0.29, 0.717) is 87.0 Å². The van der Waals surface area contributed by atoms with E-state index in [0.717, 1.165) is 51.9 Å². The number of halogens is 4. The Hall–Kier alpha value is -4.73. The molecule has 0 aliphatic carbocycles. The molecule has 9 rings (SSSR count). The highest BCUT2D eigenvalue weighted by Gasteiger charge is 2.62. The third-order valence-electron chi connectivity index (χ3n) is 32.6. The summed E-state index contributed by atoms with van der Waals surface area (Å²) in [7, 11) is -1.43. The molecule has 3 aromatic carbocycles. The Kier molecular flexibility index (Phi) is 46.0. The highest BCUT2D eigenvalue weighted by molar-refractivity contribution is 6.75. The second kappa shape index (κ2) is 53.8. The van der Waals surface area contributed by atoms with Crippen LogP contribution in [-0.2, 0) is 123 Å². The van der Waals surface area contributed by atoms with Crippen molar-refractivity contribution in [2.45, 2.75) is 457 Å². The SMILES string of the molecule is C=C(Cl)/C=C/[C@H](CC(=C)C[C@H]1O[C@@H](C(OCc2ccc(OC)cc2)[C@@]2(OC)C[C@H](O[Si](C)(C)C(C)(C)C)[C@@H](C)[C@@H](CCC/C=C\[C@H]3C[C@H](O[Si](C)(C)C(C)(C)C)C[C@@]4(C[C@@H](OC)C[C@@H](CC(=O)[C@@H](C)[C@@H](OC(C)=O)[C@H](C)C(=C)C[C@H]5C[C@](C)(O[Si](CC)(CC)CC)C[C@@]6(C[C@@H](OC(C)=O)C[C@H](CC(=O)OCC(Cl)(Cl)Cl)O6)O5)O4)O3)O2)[C@H](C)[C@@H](OCc2ccc(OC)cc2)[C@@H]1OCc1ccc(OC)cc1)O[Si](C)(C)C(C)(C)C. The van der Waals surface area contributed by atoms with Crippen LogP contribution in [0.15, 0.2) is 133 Å². The van der Waals surface area contributed by atoms with Gasteiger partial charge in [0.05, 0.1) is 132 Å².